The number of hydrogen-bond donors (Lipinski definition) is 0. The van der Waals surface area contributed by atoms with Crippen molar-refractivity contribution in [3.05, 3.63) is 0 Å². The van der Waals surface area contributed by atoms with Crippen molar-refractivity contribution in [1.29, 1.82) is 0 Å². The summed E-state index contributed by atoms with van der Waals surface area (Å²) >= 11 is 1.47. The summed E-state index contributed by atoms with van der Waals surface area (Å²) < 4.78 is 0. The van der Waals surface area contributed by atoms with E-state index in [1.165, 1.54) is 16.7 Å². The molecule has 0 aliphatic heterocycles. The first-order valence-corrected chi connectivity index (χ1v) is 2.04. The molecule has 0 heterocycles. The molecule has 0 aliphatic carbocycles. The van der Waals surface area contributed by atoms with Gasteiger partial charge in [-0.2, -0.15) is 0 Å². The third-order valence-corrected chi connectivity index (χ3v) is 0. The minimum absolute atomic E-state index is 0. The zero-order valence-corrected chi connectivity index (χ0v) is 7.45. The van der Waals surface area contributed by atoms with Gasteiger partial charge in [-0.05, 0) is 6.92 Å². The molecule has 0 unspecified atom stereocenters. The van der Waals surface area contributed by atoms with Crippen molar-refractivity contribution in [3.63, 3.8) is 0 Å². The molecule has 0 rings (SSSR count). The third kappa shape index (κ3) is 115. The summed E-state index contributed by atoms with van der Waals surface area (Å²) in [5.74, 6) is -1.08. The van der Waals surface area contributed by atoms with E-state index < -0.39 is 5.97 Å². The molecule has 0 saturated carbocycles. The fourth-order valence-electron chi connectivity index (χ4n) is 0. The van der Waals surface area contributed by atoms with Crippen LogP contribution < -0.4 is 34.7 Å². The zero-order valence-electron chi connectivity index (χ0n) is 4.69. The van der Waals surface area contributed by atoms with Gasteiger partial charge in [-0.1, -0.05) is 0 Å². The third-order valence-electron chi connectivity index (χ3n) is 0. The van der Waals surface area contributed by atoms with Crippen molar-refractivity contribution >= 4 is 32.5 Å². The quantitative estimate of drug-likeness (QED) is 0.310. The van der Waals surface area contributed by atoms with E-state index in [4.69, 9.17) is 9.90 Å². The van der Waals surface area contributed by atoms with Gasteiger partial charge in [-0.3, -0.25) is 0 Å². The Labute approximate surface area is 78.2 Å². The topological polar surface area (TPSA) is 40.1 Å². The number of hydrogen-bond acceptors (Lipinski definition) is 2. The predicted octanol–water partition coefficient (Wildman–Crippen LogP) is -3.93. The van der Waals surface area contributed by atoms with Gasteiger partial charge in [0.2, 0.25) is 0 Å². The molecular formula is C2H3ClLiNaO2. The number of carboxylic acid groups (broad SMARTS) is 1. The van der Waals surface area contributed by atoms with Gasteiger partial charge in [-0.15, -0.1) is 0 Å². The molecule has 0 N–H and O–H groups in total. The molecule has 2 nitrogen and oxygen atoms in total. The van der Waals surface area contributed by atoms with Crippen molar-refractivity contribution in [1.82, 2.24) is 0 Å². The van der Waals surface area contributed by atoms with Crippen LogP contribution in [0.5, 0.6) is 0 Å². The van der Waals surface area contributed by atoms with E-state index in [0.717, 1.165) is 6.92 Å². The first kappa shape index (κ1) is 15.8. The summed E-state index contributed by atoms with van der Waals surface area (Å²) in [5.41, 5.74) is 0. The van der Waals surface area contributed by atoms with Gasteiger partial charge in [0, 0.05) is 5.97 Å². The molecule has 7 heavy (non-hydrogen) atoms. The Kier molecular flexibility index (Phi) is 35.3. The molecule has 0 aromatic carbocycles. The standard InChI is InChI=1S/C2H4O2.ClH.Li.Na/c1-2(3)4;;;/h1H3,(H,3,4);1H;;/q;;2*+1/p-2. The second-order valence-electron chi connectivity index (χ2n) is 0.492. The number of carboxylic acids is 1. The Morgan fingerprint density at radius 1 is 1.71 bits per heavy atom. The van der Waals surface area contributed by atoms with E-state index in [9.17, 15) is 0 Å². The fraction of sp³-hybridized carbons (Fsp3) is 0.500. The normalized spacial score (nSPS) is 4.57. The summed E-state index contributed by atoms with van der Waals surface area (Å²) in [6.45, 7) is 0.972. The summed E-state index contributed by atoms with van der Waals surface area (Å²) in [5, 5.41) is 8.89. The monoisotopic (exact) mass is 124 g/mol. The van der Waals surface area contributed by atoms with Gasteiger partial charge in [0.05, 0.1) is 0 Å². The summed E-state index contributed by atoms with van der Waals surface area (Å²) in [6.07, 6.45) is 0. The molecule has 0 atom stereocenters. The van der Waals surface area contributed by atoms with Crippen LogP contribution in [0.1, 0.15) is 6.92 Å². The van der Waals surface area contributed by atoms with Crippen molar-refractivity contribution < 1.29 is 39.5 Å². The number of aliphatic carboxylic acids is 1. The minimum atomic E-state index is -1.08. The van der Waals surface area contributed by atoms with Gasteiger partial charge >= 0.3 is 56.1 Å². The van der Waals surface area contributed by atoms with Crippen LogP contribution in [0.15, 0.2) is 0 Å². The van der Waals surface area contributed by atoms with Crippen LogP contribution in [-0.2, 0) is 4.79 Å². The Morgan fingerprint density at radius 3 is 1.71 bits per heavy atom. The molecule has 0 aliphatic rings. The zero-order chi connectivity index (χ0) is 5.58. The van der Waals surface area contributed by atoms with E-state index in [0.29, 0.717) is 0 Å². The average Bonchev–Trinajstić information content (AvgIpc) is 1.41. The van der Waals surface area contributed by atoms with Crippen LogP contribution in [0.2, 0.25) is 0 Å². The van der Waals surface area contributed by atoms with Crippen molar-refractivity contribution in [2.24, 2.45) is 0 Å². The van der Waals surface area contributed by atoms with Crippen molar-refractivity contribution in [2.45, 2.75) is 6.92 Å². The van der Waals surface area contributed by atoms with Gasteiger partial charge in [0.15, 0.2) is 0 Å². The number of halogens is 1. The Balaban J connectivity index is -0.0000000480. The van der Waals surface area contributed by atoms with Crippen molar-refractivity contribution in [2.75, 3.05) is 0 Å². The molecule has 0 bridgehead atoms. The Hall–Kier alpha value is 1.36. The molecule has 32 valence electrons. The van der Waals surface area contributed by atoms with Crippen LogP contribution in [0.3, 0.4) is 0 Å². The SMILES string of the molecule is CC(=O)[O-].[Li][Cl].[Na+]. The molecule has 0 aromatic rings. The first-order chi connectivity index (χ1) is 2.73. The molecule has 0 aromatic heterocycles. The minimum Gasteiger partial charge on any atom is 1.00 e. The van der Waals surface area contributed by atoms with Gasteiger partial charge in [0.1, 0.15) is 0 Å². The maximum Gasteiger partial charge on any atom is 1.00 e. The molecule has 0 amide bonds. The Morgan fingerprint density at radius 2 is 1.71 bits per heavy atom. The second-order valence-corrected chi connectivity index (χ2v) is 0.492. The number of rotatable bonds is 0. The van der Waals surface area contributed by atoms with E-state index in [1.807, 2.05) is 0 Å². The van der Waals surface area contributed by atoms with Crippen LogP contribution >= 0.6 is 9.80 Å². The van der Waals surface area contributed by atoms with Gasteiger partial charge in [0.25, 0.3) is 0 Å². The van der Waals surface area contributed by atoms with Gasteiger partial charge in [-0.25, -0.2) is 0 Å². The maximum absolute atomic E-state index is 8.89. The summed E-state index contributed by atoms with van der Waals surface area (Å²) in [6, 6.07) is 0. The number of carbonyl (C=O) groups excluding carboxylic acids is 1. The second kappa shape index (κ2) is 15.7. The van der Waals surface area contributed by atoms with Crippen LogP contribution in [-0.4, -0.2) is 22.7 Å². The smallest absolute Gasteiger partial charge is 1.00 e. The molecule has 0 radical (unpaired) electrons. The van der Waals surface area contributed by atoms with E-state index >= 15 is 0 Å². The number of carbonyl (C=O) groups is 1. The average molecular weight is 124 g/mol. The predicted molar refractivity (Wildman–Crippen MR) is 22.3 cm³/mol. The summed E-state index contributed by atoms with van der Waals surface area (Å²) in [4.78, 5) is 8.89. The van der Waals surface area contributed by atoms with Crippen molar-refractivity contribution in [3.8, 4) is 0 Å². The molecule has 0 spiro atoms. The molecule has 5 heteroatoms. The van der Waals surface area contributed by atoms with E-state index in [2.05, 4.69) is 9.80 Å². The molecule has 0 fully saturated rings. The molecular weight excluding hydrogens is 121 g/mol. The fourth-order valence-corrected chi connectivity index (χ4v) is 0. The van der Waals surface area contributed by atoms with E-state index in [1.54, 1.807) is 0 Å². The molecule has 0 saturated heterocycles. The summed E-state index contributed by atoms with van der Waals surface area (Å²) in [7, 11) is 4.64. The van der Waals surface area contributed by atoms with Crippen LogP contribution in [0, 0.1) is 0 Å². The van der Waals surface area contributed by atoms with Crippen LogP contribution in [0.25, 0.3) is 0 Å². The van der Waals surface area contributed by atoms with Crippen LogP contribution in [0.4, 0.5) is 0 Å². The first-order valence-electron chi connectivity index (χ1n) is 1.29. The Bertz CT molecular complexity index is 38.7. The van der Waals surface area contributed by atoms with E-state index in [-0.39, 0.29) is 29.6 Å². The largest absolute Gasteiger partial charge is 1.00 e. The maximum atomic E-state index is 8.89. The van der Waals surface area contributed by atoms with Gasteiger partial charge < -0.3 is 9.90 Å².